The standard InChI is InChI=1S/C17H12N2O/c1-11-6-2-3-7-12(11)16-14(10-18)17(20)13-8-4-5-9-15(13)19-16/h2-9H,1H3,(H,19,20). The molecule has 3 aromatic rings. The van der Waals surface area contributed by atoms with E-state index in [1.165, 1.54) is 0 Å². The minimum absolute atomic E-state index is 0.165. The predicted molar refractivity (Wildman–Crippen MR) is 79.5 cm³/mol. The Hall–Kier alpha value is -2.86. The summed E-state index contributed by atoms with van der Waals surface area (Å²) in [6.07, 6.45) is 0. The highest BCUT2D eigenvalue weighted by atomic mass is 16.1. The van der Waals surface area contributed by atoms with E-state index in [2.05, 4.69) is 4.98 Å². The van der Waals surface area contributed by atoms with E-state index in [4.69, 9.17) is 0 Å². The Kier molecular flexibility index (Phi) is 2.85. The van der Waals surface area contributed by atoms with Gasteiger partial charge in [-0.3, -0.25) is 4.79 Å². The molecular weight excluding hydrogens is 248 g/mol. The van der Waals surface area contributed by atoms with E-state index in [1.54, 1.807) is 12.1 Å². The number of fused-ring (bicyclic) bond motifs is 1. The third kappa shape index (κ3) is 1.79. The molecule has 3 heteroatoms. The van der Waals surface area contributed by atoms with Crippen LogP contribution in [0, 0.1) is 18.3 Å². The monoisotopic (exact) mass is 260 g/mol. The topological polar surface area (TPSA) is 56.6 Å². The molecule has 0 unspecified atom stereocenters. The van der Waals surface area contributed by atoms with Crippen LogP contribution < -0.4 is 5.43 Å². The van der Waals surface area contributed by atoms with Crippen LogP contribution in [0.1, 0.15) is 11.1 Å². The van der Waals surface area contributed by atoms with Crippen LogP contribution in [0.15, 0.2) is 53.3 Å². The second-order valence-corrected chi connectivity index (χ2v) is 4.68. The summed E-state index contributed by atoms with van der Waals surface area (Å²) < 4.78 is 0. The summed E-state index contributed by atoms with van der Waals surface area (Å²) in [5.41, 5.74) is 3.18. The summed E-state index contributed by atoms with van der Waals surface area (Å²) in [7, 11) is 0. The number of hydrogen-bond acceptors (Lipinski definition) is 2. The number of rotatable bonds is 1. The van der Waals surface area contributed by atoms with Crippen LogP contribution in [0.2, 0.25) is 0 Å². The first-order valence-corrected chi connectivity index (χ1v) is 6.33. The molecule has 0 bridgehead atoms. The van der Waals surface area contributed by atoms with Gasteiger partial charge in [0, 0.05) is 16.5 Å². The number of benzene rings is 2. The Morgan fingerprint density at radius 1 is 1.05 bits per heavy atom. The van der Waals surface area contributed by atoms with Crippen molar-refractivity contribution in [1.29, 1.82) is 5.26 Å². The molecule has 2 aromatic carbocycles. The lowest BCUT2D eigenvalue weighted by atomic mass is 10.00. The molecule has 20 heavy (non-hydrogen) atoms. The molecule has 0 saturated heterocycles. The summed E-state index contributed by atoms with van der Waals surface area (Å²) >= 11 is 0. The number of aryl methyl sites for hydroxylation is 1. The largest absolute Gasteiger partial charge is 0.353 e. The lowest BCUT2D eigenvalue weighted by Gasteiger charge is -2.09. The van der Waals surface area contributed by atoms with Gasteiger partial charge in [0.05, 0.1) is 5.69 Å². The molecule has 0 saturated carbocycles. The zero-order valence-corrected chi connectivity index (χ0v) is 11.0. The number of aromatic amines is 1. The molecule has 1 heterocycles. The van der Waals surface area contributed by atoms with Crippen molar-refractivity contribution in [3.05, 3.63) is 69.9 Å². The van der Waals surface area contributed by atoms with Crippen molar-refractivity contribution in [2.45, 2.75) is 6.92 Å². The minimum atomic E-state index is -0.222. The smallest absolute Gasteiger partial charge is 0.207 e. The van der Waals surface area contributed by atoms with Gasteiger partial charge in [0.1, 0.15) is 11.6 Å². The van der Waals surface area contributed by atoms with Crippen molar-refractivity contribution in [1.82, 2.24) is 4.98 Å². The summed E-state index contributed by atoms with van der Waals surface area (Å²) in [5.74, 6) is 0. The average molecular weight is 260 g/mol. The number of aromatic nitrogens is 1. The second kappa shape index (κ2) is 4.67. The van der Waals surface area contributed by atoms with Crippen LogP contribution in [0.25, 0.3) is 22.2 Å². The number of H-pyrrole nitrogens is 1. The summed E-state index contributed by atoms with van der Waals surface area (Å²) in [5, 5.41) is 9.88. The molecule has 1 N–H and O–H groups in total. The first-order valence-electron chi connectivity index (χ1n) is 6.33. The van der Waals surface area contributed by atoms with E-state index in [0.29, 0.717) is 11.1 Å². The van der Waals surface area contributed by atoms with Crippen molar-refractivity contribution in [2.75, 3.05) is 0 Å². The van der Waals surface area contributed by atoms with E-state index in [1.807, 2.05) is 49.4 Å². The van der Waals surface area contributed by atoms with Gasteiger partial charge in [-0.05, 0) is 24.6 Å². The maximum Gasteiger partial charge on any atom is 0.207 e. The first kappa shape index (κ1) is 12.2. The lowest BCUT2D eigenvalue weighted by Crippen LogP contribution is -2.10. The van der Waals surface area contributed by atoms with Crippen LogP contribution in [0.4, 0.5) is 0 Å². The maximum atomic E-state index is 12.4. The third-order valence-electron chi connectivity index (χ3n) is 3.43. The number of nitrogens with zero attached hydrogens (tertiary/aromatic N) is 1. The van der Waals surface area contributed by atoms with Gasteiger partial charge in [-0.15, -0.1) is 0 Å². The van der Waals surface area contributed by atoms with Gasteiger partial charge in [-0.2, -0.15) is 5.26 Å². The fourth-order valence-electron chi connectivity index (χ4n) is 2.40. The van der Waals surface area contributed by atoms with Crippen molar-refractivity contribution >= 4 is 10.9 Å². The molecule has 1 aromatic heterocycles. The van der Waals surface area contributed by atoms with Gasteiger partial charge in [-0.25, -0.2) is 0 Å². The number of para-hydroxylation sites is 1. The highest BCUT2D eigenvalue weighted by Crippen LogP contribution is 2.24. The first-order chi connectivity index (χ1) is 9.72. The number of nitrogens with one attached hydrogen (secondary N) is 1. The maximum absolute atomic E-state index is 12.4. The number of pyridine rings is 1. The summed E-state index contributed by atoms with van der Waals surface area (Å²) in [6, 6.07) is 17.0. The molecule has 0 aliphatic rings. The van der Waals surface area contributed by atoms with E-state index in [-0.39, 0.29) is 11.0 Å². The van der Waals surface area contributed by atoms with E-state index >= 15 is 0 Å². The van der Waals surface area contributed by atoms with Crippen molar-refractivity contribution in [3.8, 4) is 17.3 Å². The normalized spacial score (nSPS) is 10.4. The second-order valence-electron chi connectivity index (χ2n) is 4.68. The lowest BCUT2D eigenvalue weighted by molar-refractivity contribution is 1.32. The Balaban J connectivity index is 2.46. The quantitative estimate of drug-likeness (QED) is 0.729. The molecule has 0 atom stereocenters. The SMILES string of the molecule is Cc1ccccc1-c1[nH]c2ccccc2c(=O)c1C#N. The van der Waals surface area contributed by atoms with Crippen molar-refractivity contribution in [3.63, 3.8) is 0 Å². The van der Waals surface area contributed by atoms with Gasteiger partial charge < -0.3 is 4.98 Å². The number of nitriles is 1. The Morgan fingerprint density at radius 2 is 1.75 bits per heavy atom. The van der Waals surface area contributed by atoms with E-state index < -0.39 is 0 Å². The van der Waals surface area contributed by atoms with Crippen LogP contribution in [-0.4, -0.2) is 4.98 Å². The van der Waals surface area contributed by atoms with Gasteiger partial charge in [0.2, 0.25) is 5.43 Å². The van der Waals surface area contributed by atoms with Crippen molar-refractivity contribution < 1.29 is 0 Å². The number of hydrogen-bond donors (Lipinski definition) is 1. The molecule has 96 valence electrons. The van der Waals surface area contributed by atoms with Crippen LogP contribution in [0.5, 0.6) is 0 Å². The average Bonchev–Trinajstić information content (AvgIpc) is 2.48. The Labute approximate surface area is 116 Å². The molecular formula is C17H12N2O. The molecule has 0 aliphatic heterocycles. The minimum Gasteiger partial charge on any atom is -0.353 e. The zero-order valence-electron chi connectivity index (χ0n) is 11.0. The molecule has 0 radical (unpaired) electrons. The van der Waals surface area contributed by atoms with Gasteiger partial charge in [0.15, 0.2) is 0 Å². The predicted octanol–water partition coefficient (Wildman–Crippen LogP) is 3.38. The fourth-order valence-corrected chi connectivity index (χ4v) is 2.40. The fraction of sp³-hybridized carbons (Fsp3) is 0.0588. The summed E-state index contributed by atoms with van der Waals surface area (Å²) in [6.45, 7) is 1.96. The molecule has 0 aliphatic carbocycles. The highest BCUT2D eigenvalue weighted by Gasteiger charge is 2.14. The van der Waals surface area contributed by atoms with Crippen molar-refractivity contribution in [2.24, 2.45) is 0 Å². The van der Waals surface area contributed by atoms with Gasteiger partial charge >= 0.3 is 0 Å². The molecule has 0 spiro atoms. The highest BCUT2D eigenvalue weighted by molar-refractivity contribution is 5.85. The van der Waals surface area contributed by atoms with E-state index in [9.17, 15) is 10.1 Å². The van der Waals surface area contributed by atoms with Gasteiger partial charge in [0.25, 0.3) is 0 Å². The van der Waals surface area contributed by atoms with Crippen LogP contribution in [0.3, 0.4) is 0 Å². The molecule has 3 nitrogen and oxygen atoms in total. The van der Waals surface area contributed by atoms with Crippen LogP contribution in [-0.2, 0) is 0 Å². The zero-order chi connectivity index (χ0) is 14.1. The van der Waals surface area contributed by atoms with E-state index in [0.717, 1.165) is 16.6 Å². The summed E-state index contributed by atoms with van der Waals surface area (Å²) in [4.78, 5) is 15.6. The third-order valence-corrected chi connectivity index (χ3v) is 3.43. The molecule has 0 amide bonds. The molecule has 0 fully saturated rings. The van der Waals surface area contributed by atoms with Gasteiger partial charge in [-0.1, -0.05) is 36.4 Å². The van der Waals surface area contributed by atoms with Crippen LogP contribution >= 0.6 is 0 Å². The Morgan fingerprint density at radius 3 is 2.50 bits per heavy atom. The molecule has 3 rings (SSSR count). The Bertz CT molecular complexity index is 901.